The smallest absolute Gasteiger partial charge is 0.325 e. The highest BCUT2D eigenvalue weighted by atomic mass is 16.5. The van der Waals surface area contributed by atoms with E-state index in [1.54, 1.807) is 30.3 Å². The number of ketones is 1. The maximum absolute atomic E-state index is 11.5. The summed E-state index contributed by atoms with van der Waals surface area (Å²) in [6.07, 6.45) is 0. The SMILES string of the molecule is CC(=O)COC(=O)CNC(=O)c1ccccc1. The van der Waals surface area contributed by atoms with Crippen LogP contribution >= 0.6 is 0 Å². The predicted octanol–water partition coefficient (Wildman–Crippen LogP) is 0.549. The lowest BCUT2D eigenvalue weighted by atomic mass is 10.2. The van der Waals surface area contributed by atoms with Gasteiger partial charge in [-0.05, 0) is 19.1 Å². The Morgan fingerprint density at radius 2 is 1.82 bits per heavy atom. The second-order valence-electron chi connectivity index (χ2n) is 3.41. The van der Waals surface area contributed by atoms with Crippen LogP contribution in [0.25, 0.3) is 0 Å². The van der Waals surface area contributed by atoms with E-state index in [1.165, 1.54) is 6.92 Å². The summed E-state index contributed by atoms with van der Waals surface area (Å²) >= 11 is 0. The molecule has 0 bridgehead atoms. The van der Waals surface area contributed by atoms with Crippen LogP contribution < -0.4 is 5.32 Å². The van der Waals surface area contributed by atoms with Crippen LogP contribution in [0.5, 0.6) is 0 Å². The molecule has 17 heavy (non-hydrogen) atoms. The molecule has 0 aliphatic rings. The third-order valence-corrected chi connectivity index (χ3v) is 1.87. The number of hydrogen-bond acceptors (Lipinski definition) is 4. The topological polar surface area (TPSA) is 72.5 Å². The van der Waals surface area contributed by atoms with Gasteiger partial charge in [0.05, 0.1) is 0 Å². The predicted molar refractivity (Wildman–Crippen MR) is 60.4 cm³/mol. The molecule has 1 amide bonds. The molecule has 0 aliphatic heterocycles. The van der Waals surface area contributed by atoms with Crippen molar-refractivity contribution < 1.29 is 19.1 Å². The number of nitrogens with one attached hydrogen (secondary N) is 1. The van der Waals surface area contributed by atoms with E-state index >= 15 is 0 Å². The number of rotatable bonds is 5. The molecule has 0 unspecified atom stereocenters. The van der Waals surface area contributed by atoms with Gasteiger partial charge in [-0.3, -0.25) is 14.4 Å². The van der Waals surface area contributed by atoms with Gasteiger partial charge < -0.3 is 10.1 Å². The van der Waals surface area contributed by atoms with Crippen molar-refractivity contribution in [3.63, 3.8) is 0 Å². The molecule has 0 saturated heterocycles. The first-order valence-electron chi connectivity index (χ1n) is 5.08. The highest BCUT2D eigenvalue weighted by Crippen LogP contribution is 1.97. The first kappa shape index (κ1) is 12.9. The zero-order valence-corrected chi connectivity index (χ0v) is 9.43. The van der Waals surface area contributed by atoms with Crippen molar-refractivity contribution in [1.29, 1.82) is 0 Å². The van der Waals surface area contributed by atoms with Gasteiger partial charge >= 0.3 is 5.97 Å². The van der Waals surface area contributed by atoms with Gasteiger partial charge in [-0.15, -0.1) is 0 Å². The van der Waals surface area contributed by atoms with Crippen LogP contribution in [-0.2, 0) is 14.3 Å². The van der Waals surface area contributed by atoms with Crippen LogP contribution in [0.2, 0.25) is 0 Å². The fourth-order valence-corrected chi connectivity index (χ4v) is 1.08. The summed E-state index contributed by atoms with van der Waals surface area (Å²) in [7, 11) is 0. The summed E-state index contributed by atoms with van der Waals surface area (Å²) in [5, 5.41) is 2.40. The fourth-order valence-electron chi connectivity index (χ4n) is 1.08. The molecular formula is C12H13NO4. The summed E-state index contributed by atoms with van der Waals surface area (Å²) in [5.74, 6) is -1.23. The molecule has 5 heteroatoms. The first-order valence-corrected chi connectivity index (χ1v) is 5.08. The van der Waals surface area contributed by atoms with Gasteiger partial charge in [0, 0.05) is 5.56 Å². The minimum absolute atomic E-state index is 0.243. The van der Waals surface area contributed by atoms with Gasteiger partial charge in [0.15, 0.2) is 5.78 Å². The normalized spacial score (nSPS) is 9.47. The Bertz CT molecular complexity index is 414. The van der Waals surface area contributed by atoms with E-state index in [1.807, 2.05) is 0 Å². The average molecular weight is 235 g/mol. The fraction of sp³-hybridized carbons (Fsp3) is 0.250. The summed E-state index contributed by atoms with van der Waals surface area (Å²) in [6, 6.07) is 8.51. The largest absolute Gasteiger partial charge is 0.456 e. The molecule has 0 fully saturated rings. The monoisotopic (exact) mass is 235 g/mol. The second-order valence-corrected chi connectivity index (χ2v) is 3.41. The highest BCUT2D eigenvalue weighted by molar-refractivity contribution is 5.95. The van der Waals surface area contributed by atoms with Gasteiger partial charge in [0.1, 0.15) is 13.2 Å². The number of amides is 1. The number of ether oxygens (including phenoxy) is 1. The van der Waals surface area contributed by atoms with Crippen molar-refractivity contribution in [2.75, 3.05) is 13.2 Å². The first-order chi connectivity index (χ1) is 8.09. The molecule has 0 spiro atoms. The number of hydrogen-bond donors (Lipinski definition) is 1. The maximum Gasteiger partial charge on any atom is 0.325 e. The summed E-state index contributed by atoms with van der Waals surface area (Å²) in [5.41, 5.74) is 0.465. The molecule has 1 N–H and O–H groups in total. The van der Waals surface area contributed by atoms with Crippen LogP contribution in [0.3, 0.4) is 0 Å². The zero-order valence-electron chi connectivity index (χ0n) is 9.43. The van der Waals surface area contributed by atoms with Crippen LogP contribution in [0.1, 0.15) is 17.3 Å². The molecular weight excluding hydrogens is 222 g/mol. The van der Waals surface area contributed by atoms with Crippen LogP contribution in [0.4, 0.5) is 0 Å². The van der Waals surface area contributed by atoms with Crippen molar-refractivity contribution in [3.05, 3.63) is 35.9 Å². The quantitative estimate of drug-likeness (QED) is 0.756. The Morgan fingerprint density at radius 3 is 2.41 bits per heavy atom. The molecule has 0 heterocycles. The van der Waals surface area contributed by atoms with Crippen molar-refractivity contribution in [2.24, 2.45) is 0 Å². The van der Waals surface area contributed by atoms with E-state index in [0.29, 0.717) is 5.56 Å². The molecule has 1 rings (SSSR count). The third-order valence-electron chi connectivity index (χ3n) is 1.87. The standard InChI is InChI=1S/C12H13NO4/c1-9(14)8-17-11(15)7-13-12(16)10-5-3-2-4-6-10/h2-6H,7-8H2,1H3,(H,13,16). The van der Waals surface area contributed by atoms with Gasteiger partial charge in [-0.1, -0.05) is 18.2 Å². The zero-order chi connectivity index (χ0) is 12.7. The molecule has 0 aliphatic carbocycles. The minimum Gasteiger partial charge on any atom is -0.456 e. The van der Waals surface area contributed by atoms with Crippen LogP contribution in [-0.4, -0.2) is 30.8 Å². The molecule has 1 aromatic carbocycles. The summed E-state index contributed by atoms with van der Waals surface area (Å²) in [6.45, 7) is 0.802. The molecule has 90 valence electrons. The molecule has 0 radical (unpaired) electrons. The molecule has 0 aromatic heterocycles. The van der Waals surface area contributed by atoms with Gasteiger partial charge in [0.25, 0.3) is 5.91 Å². The number of benzene rings is 1. The molecule has 1 aromatic rings. The van der Waals surface area contributed by atoms with Gasteiger partial charge in [0.2, 0.25) is 0 Å². The summed E-state index contributed by atoms with van der Waals surface area (Å²) < 4.78 is 4.59. The number of Topliss-reactive ketones (excluding diaryl/α,β-unsaturated/α-hetero) is 1. The van der Waals surface area contributed by atoms with Gasteiger partial charge in [-0.2, -0.15) is 0 Å². The Labute approximate surface area is 98.8 Å². The van der Waals surface area contributed by atoms with E-state index in [0.717, 1.165) is 0 Å². The maximum atomic E-state index is 11.5. The Balaban J connectivity index is 2.34. The number of esters is 1. The van der Waals surface area contributed by atoms with Crippen molar-refractivity contribution >= 4 is 17.7 Å². The van der Waals surface area contributed by atoms with Crippen molar-refractivity contribution in [1.82, 2.24) is 5.32 Å². The lowest BCUT2D eigenvalue weighted by molar-refractivity contribution is -0.146. The lowest BCUT2D eigenvalue weighted by Crippen LogP contribution is -2.31. The number of carbonyl (C=O) groups excluding carboxylic acids is 3. The third kappa shape index (κ3) is 4.92. The Kier molecular flexibility index (Phi) is 4.87. The highest BCUT2D eigenvalue weighted by Gasteiger charge is 2.08. The van der Waals surface area contributed by atoms with Gasteiger partial charge in [-0.25, -0.2) is 0 Å². The van der Waals surface area contributed by atoms with E-state index in [9.17, 15) is 14.4 Å². The van der Waals surface area contributed by atoms with Crippen LogP contribution in [0, 0.1) is 0 Å². The molecule has 0 saturated carbocycles. The summed E-state index contributed by atoms with van der Waals surface area (Å²) in [4.78, 5) is 33.1. The van der Waals surface area contributed by atoms with E-state index in [4.69, 9.17) is 0 Å². The Hall–Kier alpha value is -2.17. The van der Waals surface area contributed by atoms with Crippen molar-refractivity contribution in [3.8, 4) is 0 Å². The van der Waals surface area contributed by atoms with E-state index in [2.05, 4.69) is 10.1 Å². The lowest BCUT2D eigenvalue weighted by Gasteiger charge is -2.04. The Morgan fingerprint density at radius 1 is 1.18 bits per heavy atom. The van der Waals surface area contributed by atoms with Crippen LogP contribution in [0.15, 0.2) is 30.3 Å². The van der Waals surface area contributed by atoms with E-state index in [-0.39, 0.29) is 24.8 Å². The molecule has 0 atom stereocenters. The van der Waals surface area contributed by atoms with E-state index < -0.39 is 5.97 Å². The second kappa shape index (κ2) is 6.42. The number of carbonyl (C=O) groups is 3. The minimum atomic E-state index is -0.635. The average Bonchev–Trinajstić information content (AvgIpc) is 2.34. The molecule has 5 nitrogen and oxygen atoms in total. The van der Waals surface area contributed by atoms with Crippen molar-refractivity contribution in [2.45, 2.75) is 6.92 Å².